The molecule has 4 heteroatoms. The van der Waals surface area contributed by atoms with E-state index in [4.69, 9.17) is 12.2 Å². The lowest BCUT2D eigenvalue weighted by Crippen LogP contribution is -2.30. The molecule has 3 nitrogen and oxygen atoms in total. The van der Waals surface area contributed by atoms with Gasteiger partial charge in [0, 0.05) is 13.1 Å². The van der Waals surface area contributed by atoms with Gasteiger partial charge in [0.05, 0.1) is 11.4 Å². The molecule has 64 valence electrons. The van der Waals surface area contributed by atoms with Gasteiger partial charge >= 0.3 is 0 Å². The molecule has 0 radical (unpaired) electrons. The van der Waals surface area contributed by atoms with Gasteiger partial charge in [-0.25, -0.2) is 0 Å². The molecule has 0 aromatic rings. The van der Waals surface area contributed by atoms with Crippen molar-refractivity contribution in [1.82, 2.24) is 10.6 Å². The fourth-order valence-electron chi connectivity index (χ4n) is 0.665. The van der Waals surface area contributed by atoms with Crippen LogP contribution >= 0.6 is 12.2 Å². The second kappa shape index (κ2) is 6.09. The van der Waals surface area contributed by atoms with E-state index in [1.165, 1.54) is 0 Å². The van der Waals surface area contributed by atoms with E-state index >= 15 is 0 Å². The van der Waals surface area contributed by atoms with E-state index in [-0.39, 0.29) is 5.91 Å². The SMILES string of the molecule is CCNC(=O)CC(=S)NCC. The molecule has 0 aromatic carbocycles. The largest absolute Gasteiger partial charge is 0.380 e. The van der Waals surface area contributed by atoms with Gasteiger partial charge < -0.3 is 10.6 Å². The Kier molecular flexibility index (Phi) is 5.74. The summed E-state index contributed by atoms with van der Waals surface area (Å²) in [4.78, 5) is 11.5. The number of rotatable bonds is 4. The highest BCUT2D eigenvalue weighted by atomic mass is 32.1. The van der Waals surface area contributed by atoms with E-state index in [2.05, 4.69) is 10.6 Å². The van der Waals surface area contributed by atoms with Crippen LogP contribution in [0.15, 0.2) is 0 Å². The van der Waals surface area contributed by atoms with Crippen LogP contribution < -0.4 is 10.6 Å². The zero-order valence-corrected chi connectivity index (χ0v) is 7.75. The molecule has 0 aliphatic carbocycles. The number of amides is 1. The second-order valence-electron chi connectivity index (χ2n) is 2.08. The third kappa shape index (κ3) is 5.79. The van der Waals surface area contributed by atoms with Crippen molar-refractivity contribution in [2.45, 2.75) is 20.3 Å². The fraction of sp³-hybridized carbons (Fsp3) is 0.714. The van der Waals surface area contributed by atoms with Crippen LogP contribution in [0.2, 0.25) is 0 Å². The van der Waals surface area contributed by atoms with Crippen molar-refractivity contribution in [2.24, 2.45) is 0 Å². The van der Waals surface area contributed by atoms with Gasteiger partial charge in [0.25, 0.3) is 0 Å². The molecule has 0 atom stereocenters. The van der Waals surface area contributed by atoms with Crippen LogP contribution in [0, 0.1) is 0 Å². The Morgan fingerprint density at radius 1 is 1.27 bits per heavy atom. The van der Waals surface area contributed by atoms with Crippen molar-refractivity contribution in [2.75, 3.05) is 13.1 Å². The van der Waals surface area contributed by atoms with Crippen LogP contribution in [0.4, 0.5) is 0 Å². The van der Waals surface area contributed by atoms with Crippen LogP contribution in [0.25, 0.3) is 0 Å². The van der Waals surface area contributed by atoms with Crippen molar-refractivity contribution in [1.29, 1.82) is 0 Å². The Morgan fingerprint density at radius 2 is 1.82 bits per heavy atom. The molecule has 0 heterocycles. The van der Waals surface area contributed by atoms with Gasteiger partial charge in [0.2, 0.25) is 5.91 Å². The lowest BCUT2D eigenvalue weighted by Gasteiger charge is -2.04. The molecule has 0 aliphatic rings. The van der Waals surface area contributed by atoms with Gasteiger partial charge in [0.15, 0.2) is 0 Å². The van der Waals surface area contributed by atoms with Gasteiger partial charge in [-0.3, -0.25) is 4.79 Å². The second-order valence-corrected chi connectivity index (χ2v) is 2.58. The first-order valence-corrected chi connectivity index (χ1v) is 4.14. The third-order valence-corrected chi connectivity index (χ3v) is 1.36. The Hall–Kier alpha value is -0.640. The minimum absolute atomic E-state index is 0.0153. The van der Waals surface area contributed by atoms with E-state index in [0.717, 1.165) is 6.54 Å². The molecule has 0 aliphatic heterocycles. The van der Waals surface area contributed by atoms with E-state index < -0.39 is 0 Å². The van der Waals surface area contributed by atoms with Gasteiger partial charge in [-0.15, -0.1) is 0 Å². The van der Waals surface area contributed by atoms with Crippen LogP contribution in [0.3, 0.4) is 0 Å². The Bertz CT molecular complexity index is 131. The van der Waals surface area contributed by atoms with Crippen LogP contribution in [0.1, 0.15) is 20.3 Å². The predicted octanol–water partition coefficient (Wildman–Crippen LogP) is 0.449. The van der Waals surface area contributed by atoms with Crippen molar-refractivity contribution < 1.29 is 4.79 Å². The minimum Gasteiger partial charge on any atom is -0.380 e. The van der Waals surface area contributed by atoms with Crippen molar-refractivity contribution in [3.63, 3.8) is 0 Å². The van der Waals surface area contributed by atoms with E-state index in [1.807, 2.05) is 13.8 Å². The zero-order chi connectivity index (χ0) is 8.69. The summed E-state index contributed by atoms with van der Waals surface area (Å²) in [6, 6.07) is 0. The van der Waals surface area contributed by atoms with E-state index in [1.54, 1.807) is 0 Å². The predicted molar refractivity (Wildman–Crippen MR) is 49.6 cm³/mol. The number of hydrogen-bond donors (Lipinski definition) is 2. The minimum atomic E-state index is -0.0153. The maximum absolute atomic E-state index is 10.9. The van der Waals surface area contributed by atoms with Crippen molar-refractivity contribution >= 4 is 23.1 Å². The maximum atomic E-state index is 10.9. The maximum Gasteiger partial charge on any atom is 0.226 e. The quantitative estimate of drug-likeness (QED) is 0.608. The highest BCUT2D eigenvalue weighted by Gasteiger charge is 2.01. The normalized spacial score (nSPS) is 8.91. The number of carbonyl (C=O) groups excluding carboxylic acids is 1. The molecule has 0 bridgehead atoms. The molecular formula is C7H14N2OS. The lowest BCUT2D eigenvalue weighted by molar-refractivity contribution is -0.119. The summed E-state index contributed by atoms with van der Waals surface area (Å²) in [6.07, 6.45) is 0.303. The fourth-order valence-corrected chi connectivity index (χ4v) is 0.941. The summed E-state index contributed by atoms with van der Waals surface area (Å²) in [6.45, 7) is 5.27. The summed E-state index contributed by atoms with van der Waals surface area (Å²) >= 11 is 4.87. The van der Waals surface area contributed by atoms with Gasteiger partial charge in [-0.2, -0.15) is 0 Å². The van der Waals surface area contributed by atoms with Crippen LogP contribution in [0.5, 0.6) is 0 Å². The summed E-state index contributed by atoms with van der Waals surface area (Å²) in [5.41, 5.74) is 0. The highest BCUT2D eigenvalue weighted by molar-refractivity contribution is 7.80. The molecule has 0 saturated heterocycles. The van der Waals surface area contributed by atoms with Gasteiger partial charge in [-0.05, 0) is 13.8 Å². The first kappa shape index (κ1) is 10.4. The average molecular weight is 174 g/mol. The molecule has 1 amide bonds. The smallest absolute Gasteiger partial charge is 0.226 e. The monoisotopic (exact) mass is 174 g/mol. The van der Waals surface area contributed by atoms with Crippen LogP contribution in [-0.2, 0) is 4.79 Å². The first-order valence-electron chi connectivity index (χ1n) is 3.74. The summed E-state index contributed by atoms with van der Waals surface area (Å²) < 4.78 is 0. The van der Waals surface area contributed by atoms with Crippen molar-refractivity contribution in [3.8, 4) is 0 Å². The topological polar surface area (TPSA) is 41.1 Å². The van der Waals surface area contributed by atoms with Gasteiger partial charge in [0.1, 0.15) is 0 Å². The Morgan fingerprint density at radius 3 is 2.27 bits per heavy atom. The Labute approximate surface area is 72.5 Å². The number of thiocarbonyl (C=S) groups is 1. The van der Waals surface area contributed by atoms with E-state index in [0.29, 0.717) is 18.0 Å². The third-order valence-electron chi connectivity index (χ3n) is 1.07. The lowest BCUT2D eigenvalue weighted by atomic mass is 10.4. The number of carbonyl (C=O) groups is 1. The highest BCUT2D eigenvalue weighted by Crippen LogP contribution is 1.82. The summed E-state index contributed by atoms with van der Waals surface area (Å²) in [5, 5.41) is 5.57. The first-order chi connectivity index (χ1) is 5.20. The van der Waals surface area contributed by atoms with Crippen molar-refractivity contribution in [3.05, 3.63) is 0 Å². The van der Waals surface area contributed by atoms with Gasteiger partial charge in [-0.1, -0.05) is 12.2 Å². The zero-order valence-electron chi connectivity index (χ0n) is 6.94. The average Bonchev–Trinajstić information content (AvgIpc) is 1.87. The molecular weight excluding hydrogens is 160 g/mol. The molecule has 0 rings (SSSR count). The summed E-state index contributed by atoms with van der Waals surface area (Å²) in [5.74, 6) is -0.0153. The summed E-state index contributed by atoms with van der Waals surface area (Å²) in [7, 11) is 0. The molecule has 2 N–H and O–H groups in total. The molecule has 11 heavy (non-hydrogen) atoms. The Balaban J connectivity index is 3.49. The number of nitrogens with one attached hydrogen (secondary N) is 2. The van der Waals surface area contributed by atoms with Crippen LogP contribution in [-0.4, -0.2) is 24.0 Å². The molecule has 0 spiro atoms. The standard InChI is InChI=1S/C7H14N2OS/c1-3-8-6(10)5-7(11)9-4-2/h3-5H2,1-2H3,(H,8,10)(H,9,11). The molecule has 0 unspecified atom stereocenters. The molecule has 0 fully saturated rings. The molecule has 0 aromatic heterocycles. The van der Waals surface area contributed by atoms with E-state index in [9.17, 15) is 4.79 Å². The molecule has 0 saturated carbocycles. The number of hydrogen-bond acceptors (Lipinski definition) is 2.